The molecule has 0 aromatic heterocycles. The summed E-state index contributed by atoms with van der Waals surface area (Å²) in [7, 11) is 3.18. The van der Waals surface area contributed by atoms with E-state index in [1.807, 2.05) is 6.07 Å². The maximum absolute atomic E-state index is 10.5. The molecule has 1 rings (SSSR count). The fourth-order valence-electron chi connectivity index (χ4n) is 1.17. The Morgan fingerprint density at radius 1 is 1.36 bits per heavy atom. The summed E-state index contributed by atoms with van der Waals surface area (Å²) in [5.41, 5.74) is 0.906. The minimum Gasteiger partial charge on any atom is -0.497 e. The first-order valence-electron chi connectivity index (χ1n) is 4.07. The Labute approximate surface area is 96.5 Å². The standard InChI is InChI=1S/C10H11IO3/c1-13-7-5-9(11)8(3-4-12)10(6-7)14-2/h4-6H,3H2,1-2H3. The number of benzene rings is 1. The molecule has 0 atom stereocenters. The first kappa shape index (κ1) is 11.3. The number of halogens is 1. The lowest BCUT2D eigenvalue weighted by Gasteiger charge is -2.10. The minimum absolute atomic E-state index is 0.367. The lowest BCUT2D eigenvalue weighted by molar-refractivity contribution is -0.107. The number of ether oxygens (including phenoxy) is 2. The summed E-state index contributed by atoms with van der Waals surface area (Å²) in [6, 6.07) is 3.66. The van der Waals surface area contributed by atoms with Crippen LogP contribution in [0, 0.1) is 3.57 Å². The number of hydrogen-bond acceptors (Lipinski definition) is 3. The second kappa shape index (κ2) is 5.19. The zero-order chi connectivity index (χ0) is 10.6. The lowest BCUT2D eigenvalue weighted by Crippen LogP contribution is -1.97. The van der Waals surface area contributed by atoms with Crippen LogP contribution < -0.4 is 9.47 Å². The SMILES string of the molecule is COc1cc(I)c(CC=O)c(OC)c1. The fraction of sp³-hybridized carbons (Fsp3) is 0.300. The molecule has 0 amide bonds. The molecule has 0 heterocycles. The Hall–Kier alpha value is -0.780. The number of methoxy groups -OCH3 is 2. The monoisotopic (exact) mass is 306 g/mol. The summed E-state index contributed by atoms with van der Waals surface area (Å²) < 4.78 is 11.3. The van der Waals surface area contributed by atoms with Gasteiger partial charge >= 0.3 is 0 Å². The highest BCUT2D eigenvalue weighted by Crippen LogP contribution is 2.29. The zero-order valence-corrected chi connectivity index (χ0v) is 10.2. The predicted octanol–water partition coefficient (Wildman–Crippen LogP) is 2.05. The molecule has 0 bridgehead atoms. The number of rotatable bonds is 4. The van der Waals surface area contributed by atoms with Crippen molar-refractivity contribution in [1.29, 1.82) is 0 Å². The van der Waals surface area contributed by atoms with Gasteiger partial charge in [-0.05, 0) is 28.7 Å². The van der Waals surface area contributed by atoms with E-state index in [-0.39, 0.29) is 0 Å². The van der Waals surface area contributed by atoms with Crippen LogP contribution in [-0.2, 0) is 11.2 Å². The predicted molar refractivity (Wildman–Crippen MR) is 62.0 cm³/mol. The molecule has 0 aliphatic heterocycles. The first-order valence-corrected chi connectivity index (χ1v) is 5.14. The second-order valence-electron chi connectivity index (χ2n) is 2.66. The van der Waals surface area contributed by atoms with E-state index >= 15 is 0 Å². The molecular weight excluding hydrogens is 295 g/mol. The molecule has 4 heteroatoms. The van der Waals surface area contributed by atoms with E-state index in [4.69, 9.17) is 9.47 Å². The van der Waals surface area contributed by atoms with Gasteiger partial charge in [0, 0.05) is 21.6 Å². The molecule has 0 saturated carbocycles. The third-order valence-electron chi connectivity index (χ3n) is 1.87. The van der Waals surface area contributed by atoms with Gasteiger partial charge in [-0.2, -0.15) is 0 Å². The molecule has 0 spiro atoms. The summed E-state index contributed by atoms with van der Waals surface area (Å²) in [5.74, 6) is 1.43. The summed E-state index contributed by atoms with van der Waals surface area (Å²) in [6.07, 6.45) is 1.23. The van der Waals surface area contributed by atoms with Gasteiger partial charge in [0.05, 0.1) is 14.2 Å². The summed E-state index contributed by atoms with van der Waals surface area (Å²) >= 11 is 2.16. The summed E-state index contributed by atoms with van der Waals surface area (Å²) in [5, 5.41) is 0. The molecule has 1 aromatic rings. The highest BCUT2D eigenvalue weighted by molar-refractivity contribution is 14.1. The smallest absolute Gasteiger partial charge is 0.127 e. The zero-order valence-electron chi connectivity index (χ0n) is 8.04. The van der Waals surface area contributed by atoms with Gasteiger partial charge in [-0.3, -0.25) is 0 Å². The number of carbonyl (C=O) groups is 1. The van der Waals surface area contributed by atoms with Crippen LogP contribution in [0.1, 0.15) is 5.56 Å². The third-order valence-corrected chi connectivity index (χ3v) is 2.83. The van der Waals surface area contributed by atoms with E-state index in [9.17, 15) is 4.79 Å². The molecule has 0 N–H and O–H groups in total. The normalized spacial score (nSPS) is 9.64. The molecule has 0 radical (unpaired) electrons. The van der Waals surface area contributed by atoms with Crippen molar-refractivity contribution in [3.05, 3.63) is 21.3 Å². The Bertz CT molecular complexity index is 336. The van der Waals surface area contributed by atoms with Crippen molar-refractivity contribution in [2.75, 3.05) is 14.2 Å². The van der Waals surface area contributed by atoms with E-state index in [2.05, 4.69) is 22.6 Å². The van der Waals surface area contributed by atoms with Crippen LogP contribution in [0.4, 0.5) is 0 Å². The summed E-state index contributed by atoms with van der Waals surface area (Å²) in [4.78, 5) is 10.5. The summed E-state index contributed by atoms with van der Waals surface area (Å²) in [6.45, 7) is 0. The molecule has 0 aliphatic rings. The van der Waals surface area contributed by atoms with Crippen LogP contribution in [0.15, 0.2) is 12.1 Å². The Balaban J connectivity index is 3.19. The van der Waals surface area contributed by atoms with Crippen LogP contribution in [0.25, 0.3) is 0 Å². The molecular formula is C10H11IO3. The highest BCUT2D eigenvalue weighted by Gasteiger charge is 2.09. The lowest BCUT2D eigenvalue weighted by atomic mass is 10.1. The average Bonchev–Trinajstić information content (AvgIpc) is 2.20. The maximum Gasteiger partial charge on any atom is 0.127 e. The Morgan fingerprint density at radius 2 is 2.07 bits per heavy atom. The number of hydrogen-bond donors (Lipinski definition) is 0. The van der Waals surface area contributed by atoms with Gasteiger partial charge in [0.25, 0.3) is 0 Å². The van der Waals surface area contributed by atoms with Crippen LogP contribution in [-0.4, -0.2) is 20.5 Å². The minimum atomic E-state index is 0.367. The fourth-order valence-corrected chi connectivity index (χ4v) is 1.96. The first-order chi connectivity index (χ1) is 6.72. The van der Waals surface area contributed by atoms with Crippen molar-refractivity contribution in [1.82, 2.24) is 0 Å². The molecule has 0 saturated heterocycles. The van der Waals surface area contributed by atoms with Gasteiger partial charge < -0.3 is 14.3 Å². The molecule has 3 nitrogen and oxygen atoms in total. The van der Waals surface area contributed by atoms with E-state index in [0.717, 1.165) is 21.2 Å². The van der Waals surface area contributed by atoms with Gasteiger partial charge in [0.1, 0.15) is 17.8 Å². The van der Waals surface area contributed by atoms with Gasteiger partial charge in [-0.1, -0.05) is 0 Å². The van der Waals surface area contributed by atoms with Crippen LogP contribution in [0.5, 0.6) is 11.5 Å². The molecule has 0 aliphatic carbocycles. The maximum atomic E-state index is 10.5. The molecule has 76 valence electrons. The van der Waals surface area contributed by atoms with Crippen molar-refractivity contribution in [2.45, 2.75) is 6.42 Å². The second-order valence-corrected chi connectivity index (χ2v) is 3.82. The molecule has 1 aromatic carbocycles. The quantitative estimate of drug-likeness (QED) is 0.631. The molecule has 14 heavy (non-hydrogen) atoms. The number of aldehydes is 1. The van der Waals surface area contributed by atoms with Gasteiger partial charge in [-0.25, -0.2) is 0 Å². The number of carbonyl (C=O) groups excluding carboxylic acids is 1. The largest absolute Gasteiger partial charge is 0.497 e. The third kappa shape index (κ3) is 2.37. The van der Waals surface area contributed by atoms with Crippen LogP contribution in [0.3, 0.4) is 0 Å². The molecule has 0 fully saturated rings. The van der Waals surface area contributed by atoms with Crippen molar-refractivity contribution in [3.8, 4) is 11.5 Å². The van der Waals surface area contributed by atoms with Crippen LogP contribution >= 0.6 is 22.6 Å². The van der Waals surface area contributed by atoms with E-state index < -0.39 is 0 Å². The van der Waals surface area contributed by atoms with Gasteiger partial charge in [0.2, 0.25) is 0 Å². The van der Waals surface area contributed by atoms with Crippen molar-refractivity contribution < 1.29 is 14.3 Å². The highest BCUT2D eigenvalue weighted by atomic mass is 127. The van der Waals surface area contributed by atoms with Crippen LogP contribution in [0.2, 0.25) is 0 Å². The molecule has 0 unspecified atom stereocenters. The Morgan fingerprint density at radius 3 is 2.57 bits per heavy atom. The van der Waals surface area contributed by atoms with E-state index in [1.165, 1.54) is 0 Å². The topological polar surface area (TPSA) is 35.5 Å². The van der Waals surface area contributed by atoms with Crippen molar-refractivity contribution in [2.24, 2.45) is 0 Å². The average molecular weight is 306 g/mol. The van der Waals surface area contributed by atoms with Crippen molar-refractivity contribution in [3.63, 3.8) is 0 Å². The van der Waals surface area contributed by atoms with Crippen molar-refractivity contribution >= 4 is 28.9 Å². The van der Waals surface area contributed by atoms with E-state index in [0.29, 0.717) is 12.2 Å². The van der Waals surface area contributed by atoms with Gasteiger partial charge in [0.15, 0.2) is 0 Å². The Kier molecular flexibility index (Phi) is 4.19. The van der Waals surface area contributed by atoms with Gasteiger partial charge in [-0.15, -0.1) is 0 Å². The van der Waals surface area contributed by atoms with E-state index in [1.54, 1.807) is 20.3 Å².